The molecule has 0 amide bonds. The lowest BCUT2D eigenvalue weighted by Gasteiger charge is -2.41. The van der Waals surface area contributed by atoms with Crippen molar-refractivity contribution in [3.05, 3.63) is 78.4 Å². The van der Waals surface area contributed by atoms with Crippen LogP contribution in [0.5, 0.6) is 5.75 Å². The van der Waals surface area contributed by atoms with Gasteiger partial charge in [-0.15, -0.1) is 0 Å². The molecule has 1 atom stereocenters. The van der Waals surface area contributed by atoms with Gasteiger partial charge in [0.15, 0.2) is 0 Å². The number of benzene rings is 1. The van der Waals surface area contributed by atoms with Crippen LogP contribution in [-0.4, -0.2) is 63.9 Å². The number of nitrogens with zero attached hydrogens (tertiary/aromatic N) is 4. The van der Waals surface area contributed by atoms with Crippen molar-refractivity contribution in [1.82, 2.24) is 19.4 Å². The van der Waals surface area contributed by atoms with Crippen LogP contribution in [0.4, 0.5) is 0 Å². The lowest BCUT2D eigenvalue weighted by molar-refractivity contribution is 0.0491. The topological polar surface area (TPSA) is 53.8 Å². The molecular formula is C24H30N4O2. The number of methoxy groups -OCH3 is 1. The number of aromatic nitrogens is 2. The summed E-state index contributed by atoms with van der Waals surface area (Å²) in [6.45, 7) is 4.90. The van der Waals surface area contributed by atoms with Gasteiger partial charge in [0, 0.05) is 63.5 Å². The van der Waals surface area contributed by atoms with E-state index in [1.807, 2.05) is 24.4 Å². The van der Waals surface area contributed by atoms with Crippen molar-refractivity contribution in [2.75, 3.05) is 33.4 Å². The van der Waals surface area contributed by atoms with Crippen molar-refractivity contribution in [2.45, 2.75) is 25.6 Å². The number of piperazine rings is 1. The average Bonchev–Trinajstić information content (AvgIpc) is 3.24. The van der Waals surface area contributed by atoms with Crippen molar-refractivity contribution in [1.29, 1.82) is 0 Å². The van der Waals surface area contributed by atoms with Gasteiger partial charge in [0.25, 0.3) is 0 Å². The highest BCUT2D eigenvalue weighted by molar-refractivity contribution is 5.32. The van der Waals surface area contributed by atoms with Crippen LogP contribution in [0.3, 0.4) is 0 Å². The molecule has 0 radical (unpaired) electrons. The Morgan fingerprint density at radius 2 is 2.03 bits per heavy atom. The quantitative estimate of drug-likeness (QED) is 0.623. The first-order chi connectivity index (χ1) is 14.8. The first-order valence-electron chi connectivity index (χ1n) is 10.5. The average molecular weight is 407 g/mol. The standard InChI is InChI=1S/C24H30N4O2/c1-30-24-8-2-5-20(15-24)17-27-13-12-26(18-22(27)9-14-29)19-23-7-4-11-28(23)21-6-3-10-25-16-21/h2-8,10-11,15-16,22,29H,9,12-14,17-19H2,1H3/t22-/m1/s1. The lowest BCUT2D eigenvalue weighted by Crippen LogP contribution is -2.52. The first kappa shape index (κ1) is 20.6. The number of pyridine rings is 1. The van der Waals surface area contributed by atoms with Gasteiger partial charge in [0.05, 0.1) is 19.0 Å². The zero-order valence-corrected chi connectivity index (χ0v) is 17.5. The van der Waals surface area contributed by atoms with Crippen molar-refractivity contribution in [3.8, 4) is 11.4 Å². The van der Waals surface area contributed by atoms with Crippen LogP contribution in [0.15, 0.2) is 67.1 Å². The third kappa shape index (κ3) is 4.90. The maximum atomic E-state index is 9.64. The van der Waals surface area contributed by atoms with Crippen molar-refractivity contribution in [2.24, 2.45) is 0 Å². The molecule has 1 aliphatic rings. The number of hydrogen-bond donors (Lipinski definition) is 1. The van der Waals surface area contributed by atoms with Crippen molar-refractivity contribution in [3.63, 3.8) is 0 Å². The maximum absolute atomic E-state index is 9.64. The second-order valence-electron chi connectivity index (χ2n) is 7.80. The Kier molecular flexibility index (Phi) is 6.79. The highest BCUT2D eigenvalue weighted by atomic mass is 16.5. The Morgan fingerprint density at radius 1 is 1.10 bits per heavy atom. The van der Waals surface area contributed by atoms with Crippen LogP contribution in [0.25, 0.3) is 5.69 Å². The summed E-state index contributed by atoms with van der Waals surface area (Å²) in [5, 5.41) is 9.64. The third-order valence-corrected chi connectivity index (χ3v) is 5.81. The minimum atomic E-state index is 0.208. The molecule has 1 aromatic carbocycles. The molecule has 3 aromatic rings. The number of ether oxygens (including phenoxy) is 1. The van der Waals surface area contributed by atoms with Crippen molar-refractivity contribution < 1.29 is 9.84 Å². The predicted octanol–water partition coefficient (Wildman–Crippen LogP) is 2.95. The molecule has 0 saturated carbocycles. The van der Waals surface area contributed by atoms with E-state index in [0.29, 0.717) is 6.04 Å². The minimum Gasteiger partial charge on any atom is -0.497 e. The molecule has 1 N–H and O–H groups in total. The van der Waals surface area contributed by atoms with E-state index < -0.39 is 0 Å². The van der Waals surface area contributed by atoms with E-state index >= 15 is 0 Å². The summed E-state index contributed by atoms with van der Waals surface area (Å²) in [6.07, 6.45) is 6.57. The number of aliphatic hydroxyl groups excluding tert-OH is 1. The molecule has 6 nitrogen and oxygen atoms in total. The summed E-state index contributed by atoms with van der Waals surface area (Å²) in [5.41, 5.74) is 3.59. The first-order valence-corrected chi connectivity index (χ1v) is 10.5. The number of aliphatic hydroxyl groups is 1. The zero-order valence-electron chi connectivity index (χ0n) is 17.5. The SMILES string of the molecule is COc1cccc(CN2CCN(Cc3cccn3-c3cccnc3)C[C@H]2CCO)c1. The summed E-state index contributed by atoms with van der Waals surface area (Å²) >= 11 is 0. The van der Waals surface area contributed by atoms with Gasteiger partial charge in [-0.25, -0.2) is 0 Å². The molecule has 1 saturated heterocycles. The predicted molar refractivity (Wildman–Crippen MR) is 118 cm³/mol. The molecule has 2 aromatic heterocycles. The molecule has 0 spiro atoms. The van der Waals surface area contributed by atoms with Gasteiger partial charge in [0.2, 0.25) is 0 Å². The van der Waals surface area contributed by atoms with Gasteiger partial charge >= 0.3 is 0 Å². The molecule has 4 rings (SSSR count). The smallest absolute Gasteiger partial charge is 0.119 e. The largest absolute Gasteiger partial charge is 0.497 e. The minimum absolute atomic E-state index is 0.208. The van der Waals surface area contributed by atoms with E-state index in [1.165, 1.54) is 11.3 Å². The molecule has 0 aliphatic carbocycles. The van der Waals surface area contributed by atoms with Gasteiger partial charge in [-0.2, -0.15) is 0 Å². The van der Waals surface area contributed by atoms with E-state index in [4.69, 9.17) is 4.74 Å². The van der Waals surface area contributed by atoms with Gasteiger partial charge in [-0.3, -0.25) is 14.8 Å². The fourth-order valence-corrected chi connectivity index (χ4v) is 4.26. The highest BCUT2D eigenvalue weighted by Crippen LogP contribution is 2.21. The van der Waals surface area contributed by atoms with E-state index in [-0.39, 0.29) is 6.61 Å². The Balaban J connectivity index is 1.43. The number of hydrogen-bond acceptors (Lipinski definition) is 5. The van der Waals surface area contributed by atoms with Crippen molar-refractivity contribution >= 4 is 0 Å². The van der Waals surface area contributed by atoms with Gasteiger partial charge < -0.3 is 14.4 Å². The maximum Gasteiger partial charge on any atom is 0.119 e. The van der Waals surface area contributed by atoms with Crippen LogP contribution in [0.2, 0.25) is 0 Å². The molecule has 1 aliphatic heterocycles. The van der Waals surface area contributed by atoms with E-state index in [2.05, 4.69) is 55.9 Å². The summed E-state index contributed by atoms with van der Waals surface area (Å²) < 4.78 is 7.57. The summed E-state index contributed by atoms with van der Waals surface area (Å²) in [5.74, 6) is 0.890. The Morgan fingerprint density at radius 3 is 2.83 bits per heavy atom. The van der Waals surface area contributed by atoms with Gasteiger partial charge in [0.1, 0.15) is 5.75 Å². The normalized spacial score (nSPS) is 17.9. The fraction of sp³-hybridized carbons (Fsp3) is 0.375. The van der Waals surface area contributed by atoms with Crippen LogP contribution >= 0.6 is 0 Å². The molecule has 158 valence electrons. The number of rotatable bonds is 8. The van der Waals surface area contributed by atoms with Gasteiger partial charge in [-0.1, -0.05) is 12.1 Å². The molecule has 0 bridgehead atoms. The second-order valence-corrected chi connectivity index (χ2v) is 7.80. The van der Waals surface area contributed by atoms with Crippen LogP contribution < -0.4 is 4.74 Å². The monoisotopic (exact) mass is 406 g/mol. The Labute approximate surface area is 178 Å². The van der Waals surface area contributed by atoms with Crippen LogP contribution in [-0.2, 0) is 13.1 Å². The highest BCUT2D eigenvalue weighted by Gasteiger charge is 2.27. The lowest BCUT2D eigenvalue weighted by atomic mass is 10.1. The van der Waals surface area contributed by atoms with E-state index in [0.717, 1.165) is 50.6 Å². The van der Waals surface area contributed by atoms with Crippen LogP contribution in [0.1, 0.15) is 17.7 Å². The van der Waals surface area contributed by atoms with Gasteiger partial charge in [-0.05, 0) is 48.4 Å². The summed E-state index contributed by atoms with van der Waals surface area (Å²) in [4.78, 5) is 9.23. The molecule has 3 heterocycles. The molecular weight excluding hydrogens is 376 g/mol. The third-order valence-electron chi connectivity index (χ3n) is 5.81. The molecule has 6 heteroatoms. The summed E-state index contributed by atoms with van der Waals surface area (Å²) in [7, 11) is 1.70. The van der Waals surface area contributed by atoms with Crippen LogP contribution in [0, 0.1) is 0 Å². The molecule has 0 unspecified atom stereocenters. The molecule has 1 fully saturated rings. The Hall–Kier alpha value is -2.67. The van der Waals surface area contributed by atoms with E-state index in [1.54, 1.807) is 13.3 Å². The molecule has 30 heavy (non-hydrogen) atoms. The zero-order chi connectivity index (χ0) is 20.8. The summed E-state index contributed by atoms with van der Waals surface area (Å²) in [6, 6.07) is 16.9. The Bertz CT molecular complexity index is 928. The fourth-order valence-electron chi connectivity index (χ4n) is 4.26. The second kappa shape index (κ2) is 9.89. The van der Waals surface area contributed by atoms with E-state index in [9.17, 15) is 5.11 Å².